The fraction of sp³-hybridized carbons (Fsp3) is 0.647. The van der Waals surface area contributed by atoms with E-state index in [1.54, 1.807) is 0 Å². The minimum atomic E-state index is -2.51. The second-order valence-electron chi connectivity index (χ2n) is 6.92. The molecule has 1 aromatic carbocycles. The molecule has 0 saturated carbocycles. The van der Waals surface area contributed by atoms with Crippen LogP contribution in [-0.2, 0) is 9.98 Å². The standard InChI is InChI=1S/C17H30NO2P/c1-6-7-13(2)16(21(19)20)12-18-15-10-8-14(9-11-15)17(3,4)5/h8-11,13,16,18,21H,6-7,12H2,1-5H3,(H,19,20). The molecule has 1 aromatic rings. The molecule has 2 N–H and O–H groups in total. The van der Waals surface area contributed by atoms with Crippen molar-refractivity contribution in [2.75, 3.05) is 11.9 Å². The van der Waals surface area contributed by atoms with E-state index in [0.29, 0.717) is 6.54 Å². The van der Waals surface area contributed by atoms with Gasteiger partial charge in [-0.25, -0.2) is 0 Å². The van der Waals surface area contributed by atoms with Gasteiger partial charge in [0.15, 0.2) is 8.03 Å². The van der Waals surface area contributed by atoms with E-state index in [9.17, 15) is 9.46 Å². The summed E-state index contributed by atoms with van der Waals surface area (Å²) in [7, 11) is -2.51. The molecule has 0 amide bonds. The summed E-state index contributed by atoms with van der Waals surface area (Å²) in [6, 6.07) is 8.34. The highest BCUT2D eigenvalue weighted by atomic mass is 31.1. The van der Waals surface area contributed by atoms with Crippen molar-refractivity contribution in [3.63, 3.8) is 0 Å². The molecule has 0 bridgehead atoms. The first-order valence-corrected chi connectivity index (χ1v) is 9.26. The van der Waals surface area contributed by atoms with Gasteiger partial charge in [0.25, 0.3) is 0 Å². The molecule has 0 heterocycles. The lowest BCUT2D eigenvalue weighted by atomic mass is 9.87. The second kappa shape index (κ2) is 8.00. The molecule has 4 heteroatoms. The van der Waals surface area contributed by atoms with Crippen molar-refractivity contribution in [1.82, 2.24) is 0 Å². The normalized spacial score (nSPS) is 16.3. The van der Waals surface area contributed by atoms with E-state index in [0.717, 1.165) is 18.5 Å². The molecule has 1 rings (SSSR count). The Morgan fingerprint density at radius 3 is 2.24 bits per heavy atom. The van der Waals surface area contributed by atoms with Crippen LogP contribution >= 0.6 is 8.03 Å². The topological polar surface area (TPSA) is 49.3 Å². The van der Waals surface area contributed by atoms with Gasteiger partial charge in [-0.1, -0.05) is 59.6 Å². The van der Waals surface area contributed by atoms with Crippen LogP contribution < -0.4 is 5.32 Å². The minimum absolute atomic E-state index is 0.146. The second-order valence-corrected chi connectivity index (χ2v) is 8.34. The first-order valence-electron chi connectivity index (χ1n) is 7.83. The summed E-state index contributed by atoms with van der Waals surface area (Å²) in [5, 5.41) is 3.31. The van der Waals surface area contributed by atoms with Gasteiger partial charge in [0, 0.05) is 12.2 Å². The number of rotatable bonds is 7. The van der Waals surface area contributed by atoms with Crippen LogP contribution in [0, 0.1) is 5.92 Å². The molecule has 120 valence electrons. The number of benzene rings is 1. The zero-order valence-electron chi connectivity index (χ0n) is 13.9. The van der Waals surface area contributed by atoms with Crippen molar-refractivity contribution >= 4 is 13.7 Å². The molecule has 0 saturated heterocycles. The van der Waals surface area contributed by atoms with Gasteiger partial charge >= 0.3 is 0 Å². The molecule has 0 aromatic heterocycles. The molecule has 0 aliphatic rings. The van der Waals surface area contributed by atoms with Crippen molar-refractivity contribution in [2.24, 2.45) is 5.92 Å². The molecule has 0 aliphatic heterocycles. The Kier molecular flexibility index (Phi) is 6.96. The van der Waals surface area contributed by atoms with Crippen LogP contribution in [0.25, 0.3) is 0 Å². The predicted octanol–water partition coefficient (Wildman–Crippen LogP) is 4.67. The maximum atomic E-state index is 11.6. The first-order chi connectivity index (χ1) is 9.75. The Hall–Kier alpha value is -0.790. The SMILES string of the molecule is CCCC(C)C(CNc1ccc(C(C)(C)C)cc1)[PH](=O)O. The van der Waals surface area contributed by atoms with Gasteiger partial charge in [0.2, 0.25) is 0 Å². The third-order valence-corrected chi connectivity index (χ3v) is 5.43. The molecule has 3 nitrogen and oxygen atoms in total. The average Bonchev–Trinajstić information content (AvgIpc) is 2.38. The summed E-state index contributed by atoms with van der Waals surface area (Å²) >= 11 is 0. The van der Waals surface area contributed by atoms with Gasteiger partial charge in [0.05, 0.1) is 5.66 Å². The molecular weight excluding hydrogens is 281 g/mol. The summed E-state index contributed by atoms with van der Waals surface area (Å²) in [5.74, 6) is 0.271. The highest BCUT2D eigenvalue weighted by Crippen LogP contribution is 2.32. The van der Waals surface area contributed by atoms with Crippen LogP contribution in [0.15, 0.2) is 24.3 Å². The summed E-state index contributed by atoms with van der Waals surface area (Å²) in [4.78, 5) is 9.54. The van der Waals surface area contributed by atoms with Crippen LogP contribution in [0.5, 0.6) is 0 Å². The van der Waals surface area contributed by atoms with E-state index in [1.807, 2.05) is 0 Å². The lowest BCUT2D eigenvalue weighted by molar-refractivity contribution is 0.439. The maximum absolute atomic E-state index is 11.6. The summed E-state index contributed by atoms with van der Waals surface area (Å²) in [5.41, 5.74) is 2.30. The van der Waals surface area contributed by atoms with Crippen LogP contribution in [-0.4, -0.2) is 17.1 Å². The van der Waals surface area contributed by atoms with Crippen LogP contribution in [0.1, 0.15) is 53.0 Å². The molecule has 3 unspecified atom stereocenters. The monoisotopic (exact) mass is 311 g/mol. The third-order valence-electron chi connectivity index (χ3n) is 4.03. The first kappa shape index (κ1) is 18.3. The Bertz CT molecular complexity index is 451. The Labute approximate surface area is 130 Å². The molecule has 3 atom stereocenters. The lowest BCUT2D eigenvalue weighted by Gasteiger charge is -2.23. The van der Waals surface area contributed by atoms with Crippen molar-refractivity contribution in [2.45, 2.75) is 58.5 Å². The molecule has 0 fully saturated rings. The predicted molar refractivity (Wildman–Crippen MR) is 92.7 cm³/mol. The number of hydrogen-bond acceptors (Lipinski definition) is 2. The van der Waals surface area contributed by atoms with E-state index in [-0.39, 0.29) is 17.0 Å². The van der Waals surface area contributed by atoms with E-state index in [2.05, 4.69) is 64.2 Å². The van der Waals surface area contributed by atoms with Gasteiger partial charge in [-0.3, -0.25) is 4.57 Å². The van der Waals surface area contributed by atoms with E-state index < -0.39 is 8.03 Å². The van der Waals surface area contributed by atoms with Crippen molar-refractivity contribution in [1.29, 1.82) is 0 Å². The molecule has 0 aliphatic carbocycles. The largest absolute Gasteiger partial charge is 0.384 e. The highest BCUT2D eigenvalue weighted by molar-refractivity contribution is 7.39. The lowest BCUT2D eigenvalue weighted by Crippen LogP contribution is -2.24. The Morgan fingerprint density at radius 1 is 1.24 bits per heavy atom. The Balaban J connectivity index is 2.66. The average molecular weight is 311 g/mol. The molecule has 0 radical (unpaired) electrons. The summed E-state index contributed by atoms with van der Waals surface area (Å²) < 4.78 is 11.6. The van der Waals surface area contributed by atoms with E-state index in [4.69, 9.17) is 0 Å². The number of nitrogens with one attached hydrogen (secondary N) is 1. The number of anilines is 1. The summed E-state index contributed by atoms with van der Waals surface area (Å²) in [6.45, 7) is 11.3. The zero-order valence-corrected chi connectivity index (χ0v) is 14.9. The van der Waals surface area contributed by atoms with E-state index in [1.165, 1.54) is 5.56 Å². The van der Waals surface area contributed by atoms with Crippen molar-refractivity contribution in [3.8, 4) is 0 Å². The van der Waals surface area contributed by atoms with Gasteiger partial charge in [-0.2, -0.15) is 0 Å². The smallest absolute Gasteiger partial charge is 0.194 e. The number of hydrogen-bond donors (Lipinski definition) is 2. The van der Waals surface area contributed by atoms with Gasteiger partial charge < -0.3 is 10.2 Å². The fourth-order valence-corrected chi connectivity index (χ4v) is 3.43. The van der Waals surface area contributed by atoms with Gasteiger partial charge in [-0.15, -0.1) is 0 Å². The third kappa shape index (κ3) is 5.84. The molecule has 0 spiro atoms. The fourth-order valence-electron chi connectivity index (χ4n) is 2.50. The van der Waals surface area contributed by atoms with Crippen LogP contribution in [0.2, 0.25) is 0 Å². The van der Waals surface area contributed by atoms with Crippen LogP contribution in [0.3, 0.4) is 0 Å². The summed E-state index contributed by atoms with van der Waals surface area (Å²) in [6.07, 6.45) is 2.04. The zero-order chi connectivity index (χ0) is 16.0. The highest BCUT2D eigenvalue weighted by Gasteiger charge is 2.21. The van der Waals surface area contributed by atoms with Crippen LogP contribution in [0.4, 0.5) is 5.69 Å². The quantitative estimate of drug-likeness (QED) is 0.720. The van der Waals surface area contributed by atoms with Crippen molar-refractivity contribution < 1.29 is 9.46 Å². The van der Waals surface area contributed by atoms with Gasteiger partial charge in [-0.05, 0) is 29.0 Å². The maximum Gasteiger partial charge on any atom is 0.194 e. The van der Waals surface area contributed by atoms with Crippen molar-refractivity contribution in [3.05, 3.63) is 29.8 Å². The minimum Gasteiger partial charge on any atom is -0.384 e. The molecule has 21 heavy (non-hydrogen) atoms. The Morgan fingerprint density at radius 2 is 1.81 bits per heavy atom. The molecular formula is C17H30NO2P. The van der Waals surface area contributed by atoms with E-state index >= 15 is 0 Å². The van der Waals surface area contributed by atoms with Gasteiger partial charge in [0.1, 0.15) is 0 Å².